The van der Waals surface area contributed by atoms with Crippen molar-refractivity contribution in [3.8, 4) is 5.75 Å². The van der Waals surface area contributed by atoms with Crippen LogP contribution in [0.1, 0.15) is 43.1 Å². The van der Waals surface area contributed by atoms with Gasteiger partial charge in [-0.3, -0.25) is 4.79 Å². The number of piperazine rings is 1. The van der Waals surface area contributed by atoms with E-state index in [9.17, 15) is 4.79 Å². The number of aryl methyl sites for hydroxylation is 1. The van der Waals surface area contributed by atoms with Crippen LogP contribution >= 0.6 is 11.8 Å². The Balaban J connectivity index is 1.32. The normalized spacial score (nSPS) is 17.6. The summed E-state index contributed by atoms with van der Waals surface area (Å²) in [5, 5.41) is 1.02. The number of benzene rings is 1. The number of imidazole rings is 1. The summed E-state index contributed by atoms with van der Waals surface area (Å²) < 4.78 is 7.63. The van der Waals surface area contributed by atoms with Crippen LogP contribution in [-0.2, 0) is 4.79 Å². The molecule has 2 aliphatic rings. The zero-order chi connectivity index (χ0) is 21.1. The third-order valence-corrected chi connectivity index (χ3v) is 7.38. The van der Waals surface area contributed by atoms with Gasteiger partial charge in [-0.15, -0.1) is 0 Å². The van der Waals surface area contributed by atoms with Crippen molar-refractivity contribution in [3.63, 3.8) is 0 Å². The fraction of sp³-hybridized carbons (Fsp3) is 0.565. The first-order valence-electron chi connectivity index (χ1n) is 10.9. The van der Waals surface area contributed by atoms with Crippen LogP contribution in [0.5, 0.6) is 5.75 Å². The Morgan fingerprint density at radius 2 is 1.77 bits per heavy atom. The minimum atomic E-state index is 0.214. The van der Waals surface area contributed by atoms with Crippen molar-refractivity contribution in [1.82, 2.24) is 14.5 Å². The molecule has 1 aliphatic carbocycles. The molecule has 0 N–H and O–H groups in total. The summed E-state index contributed by atoms with van der Waals surface area (Å²) in [4.78, 5) is 22.0. The molecule has 0 bridgehead atoms. The first-order valence-corrected chi connectivity index (χ1v) is 11.9. The Labute approximate surface area is 183 Å². The Kier molecular flexibility index (Phi) is 6.56. The summed E-state index contributed by atoms with van der Waals surface area (Å²) in [5.41, 5.74) is 3.52. The maximum atomic E-state index is 12.9. The number of anilines is 1. The number of carbonyl (C=O) groups excluding carboxylic acids is 1. The van der Waals surface area contributed by atoms with Crippen molar-refractivity contribution in [2.75, 3.05) is 43.9 Å². The Morgan fingerprint density at radius 1 is 1.10 bits per heavy atom. The van der Waals surface area contributed by atoms with Crippen molar-refractivity contribution in [3.05, 3.63) is 35.7 Å². The van der Waals surface area contributed by atoms with Gasteiger partial charge in [0.1, 0.15) is 5.75 Å². The summed E-state index contributed by atoms with van der Waals surface area (Å²) in [6.07, 6.45) is 5.04. The van der Waals surface area contributed by atoms with E-state index in [0.717, 1.165) is 42.8 Å². The highest BCUT2D eigenvalue weighted by Gasteiger charge is 2.25. The maximum Gasteiger partial charge on any atom is 0.233 e. The molecule has 4 rings (SSSR count). The first kappa shape index (κ1) is 21.1. The number of methoxy groups -OCH3 is 1. The van der Waals surface area contributed by atoms with Gasteiger partial charge in [0.25, 0.3) is 0 Å². The van der Waals surface area contributed by atoms with Crippen molar-refractivity contribution in [2.45, 2.75) is 50.7 Å². The Hall–Kier alpha value is -2.15. The van der Waals surface area contributed by atoms with Crippen LogP contribution in [0.25, 0.3) is 0 Å². The molecule has 1 aromatic carbocycles. The highest BCUT2D eigenvalue weighted by atomic mass is 32.2. The fourth-order valence-corrected chi connectivity index (χ4v) is 5.58. The van der Waals surface area contributed by atoms with Crippen LogP contribution < -0.4 is 9.64 Å². The van der Waals surface area contributed by atoms with Crippen molar-refractivity contribution >= 4 is 23.4 Å². The number of amides is 1. The lowest BCUT2D eigenvalue weighted by atomic mass is 10.2. The summed E-state index contributed by atoms with van der Waals surface area (Å²) in [6, 6.07) is 8.69. The van der Waals surface area contributed by atoms with Crippen molar-refractivity contribution in [1.29, 1.82) is 0 Å². The smallest absolute Gasteiger partial charge is 0.233 e. The van der Waals surface area contributed by atoms with Crippen LogP contribution in [-0.4, -0.2) is 59.4 Å². The highest BCUT2D eigenvalue weighted by molar-refractivity contribution is 7.99. The zero-order valence-corrected chi connectivity index (χ0v) is 19.1. The lowest BCUT2D eigenvalue weighted by Crippen LogP contribution is -2.49. The monoisotopic (exact) mass is 428 g/mol. The molecule has 1 saturated carbocycles. The Bertz CT molecular complexity index is 866. The van der Waals surface area contributed by atoms with Gasteiger partial charge in [-0.2, -0.15) is 0 Å². The van der Waals surface area contributed by atoms with E-state index in [0.29, 0.717) is 11.8 Å². The molecule has 2 heterocycles. The number of ether oxygens (including phenoxy) is 1. The van der Waals surface area contributed by atoms with Gasteiger partial charge in [-0.25, -0.2) is 4.98 Å². The van der Waals surface area contributed by atoms with Gasteiger partial charge in [0, 0.05) is 43.6 Å². The van der Waals surface area contributed by atoms with Gasteiger partial charge in [0.15, 0.2) is 5.16 Å². The second-order valence-electron chi connectivity index (χ2n) is 8.23. The van der Waals surface area contributed by atoms with Gasteiger partial charge in [-0.1, -0.05) is 24.6 Å². The minimum Gasteiger partial charge on any atom is -0.497 e. The molecule has 1 amide bonds. The van der Waals surface area contributed by atoms with Crippen LogP contribution in [0.4, 0.5) is 5.69 Å². The number of rotatable bonds is 6. The molecule has 6 nitrogen and oxygen atoms in total. The molecule has 1 aromatic heterocycles. The van der Waals surface area contributed by atoms with Gasteiger partial charge in [0.05, 0.1) is 18.6 Å². The predicted octanol–water partition coefficient (Wildman–Crippen LogP) is 4.06. The first-order chi connectivity index (χ1) is 14.6. The molecule has 2 fully saturated rings. The third-order valence-electron chi connectivity index (χ3n) is 6.44. The average molecular weight is 429 g/mol. The molecular formula is C23H32N4O2S. The van der Waals surface area contributed by atoms with E-state index < -0.39 is 0 Å². The van der Waals surface area contributed by atoms with Crippen molar-refractivity contribution < 1.29 is 9.53 Å². The number of carbonyl (C=O) groups is 1. The summed E-state index contributed by atoms with van der Waals surface area (Å²) in [6.45, 7) is 7.48. The second-order valence-corrected chi connectivity index (χ2v) is 9.17. The van der Waals surface area contributed by atoms with E-state index in [1.54, 1.807) is 18.9 Å². The quantitative estimate of drug-likeness (QED) is 0.650. The van der Waals surface area contributed by atoms with Crippen LogP contribution in [0.15, 0.2) is 29.4 Å². The van der Waals surface area contributed by atoms with Crippen LogP contribution in [0.3, 0.4) is 0 Å². The van der Waals surface area contributed by atoms with Gasteiger partial charge in [0.2, 0.25) is 5.91 Å². The predicted molar refractivity (Wildman–Crippen MR) is 122 cm³/mol. The molecule has 0 spiro atoms. The molecule has 162 valence electrons. The third kappa shape index (κ3) is 4.46. The number of nitrogens with zero attached hydrogens (tertiary/aromatic N) is 4. The van der Waals surface area contributed by atoms with E-state index in [2.05, 4.69) is 35.4 Å². The number of hydrogen-bond acceptors (Lipinski definition) is 5. The van der Waals surface area contributed by atoms with E-state index in [4.69, 9.17) is 9.72 Å². The molecule has 0 unspecified atom stereocenters. The fourth-order valence-electron chi connectivity index (χ4n) is 4.52. The molecule has 30 heavy (non-hydrogen) atoms. The minimum absolute atomic E-state index is 0.214. The summed E-state index contributed by atoms with van der Waals surface area (Å²) in [5.74, 6) is 1.54. The highest BCUT2D eigenvalue weighted by Crippen LogP contribution is 2.35. The van der Waals surface area contributed by atoms with E-state index in [-0.39, 0.29) is 5.91 Å². The van der Waals surface area contributed by atoms with Gasteiger partial charge < -0.3 is 19.1 Å². The van der Waals surface area contributed by atoms with E-state index in [1.807, 2.05) is 17.0 Å². The second kappa shape index (κ2) is 9.33. The summed E-state index contributed by atoms with van der Waals surface area (Å²) in [7, 11) is 1.68. The molecule has 0 atom stereocenters. The summed E-state index contributed by atoms with van der Waals surface area (Å²) >= 11 is 1.61. The SMILES string of the molecule is COc1ccc(N2CCN(C(=O)CSc3nc(C)c(C)n3C3CCCC3)CC2)cc1. The van der Waals surface area contributed by atoms with E-state index in [1.165, 1.54) is 37.1 Å². The largest absolute Gasteiger partial charge is 0.497 e. The van der Waals surface area contributed by atoms with Gasteiger partial charge in [-0.05, 0) is 51.0 Å². The molecule has 2 aromatic rings. The zero-order valence-electron chi connectivity index (χ0n) is 18.3. The van der Waals surface area contributed by atoms with Crippen LogP contribution in [0.2, 0.25) is 0 Å². The lowest BCUT2D eigenvalue weighted by molar-refractivity contribution is -0.128. The standard InChI is InChI=1S/C23H32N4O2S/c1-17-18(2)27(20-6-4-5-7-20)23(24-17)30-16-22(28)26-14-12-25(13-15-26)19-8-10-21(29-3)11-9-19/h8-11,20H,4-7,12-16H2,1-3H3. The molecule has 1 saturated heterocycles. The molecule has 0 radical (unpaired) electrons. The Morgan fingerprint density at radius 3 is 2.40 bits per heavy atom. The number of aromatic nitrogens is 2. The van der Waals surface area contributed by atoms with Crippen LogP contribution in [0, 0.1) is 13.8 Å². The molecule has 1 aliphatic heterocycles. The number of thioether (sulfide) groups is 1. The topological polar surface area (TPSA) is 50.6 Å². The average Bonchev–Trinajstić information content (AvgIpc) is 3.40. The molecule has 7 heteroatoms. The van der Waals surface area contributed by atoms with Crippen molar-refractivity contribution in [2.24, 2.45) is 0 Å². The molecular weight excluding hydrogens is 396 g/mol. The number of hydrogen-bond donors (Lipinski definition) is 0. The lowest BCUT2D eigenvalue weighted by Gasteiger charge is -2.36. The van der Waals surface area contributed by atoms with Gasteiger partial charge >= 0.3 is 0 Å². The van der Waals surface area contributed by atoms with E-state index >= 15 is 0 Å². The maximum absolute atomic E-state index is 12.9.